The van der Waals surface area contributed by atoms with Crippen molar-refractivity contribution < 1.29 is 23.5 Å². The van der Waals surface area contributed by atoms with E-state index in [9.17, 15) is 14.0 Å². The molecule has 2 aliphatic rings. The van der Waals surface area contributed by atoms with Crippen LogP contribution in [-0.4, -0.2) is 43.0 Å². The Kier molecular flexibility index (Phi) is 5.38. The van der Waals surface area contributed by atoms with Gasteiger partial charge in [0, 0.05) is 26.1 Å². The average molecular weight is 398 g/mol. The van der Waals surface area contributed by atoms with E-state index < -0.39 is 11.7 Å². The first kappa shape index (κ1) is 19.2. The Morgan fingerprint density at radius 1 is 1.17 bits per heavy atom. The summed E-state index contributed by atoms with van der Waals surface area (Å²) in [5.74, 6) is 0.102. The Balaban J connectivity index is 1.46. The molecule has 2 aliphatic heterocycles. The predicted octanol–water partition coefficient (Wildman–Crippen LogP) is 3.00. The molecule has 2 amide bonds. The third-order valence-corrected chi connectivity index (χ3v) is 5.29. The minimum atomic E-state index is -0.487. The molecule has 0 spiro atoms. The predicted molar refractivity (Wildman–Crippen MR) is 105 cm³/mol. The zero-order valence-corrected chi connectivity index (χ0v) is 16.3. The van der Waals surface area contributed by atoms with Gasteiger partial charge in [-0.25, -0.2) is 4.39 Å². The molecule has 0 aromatic heterocycles. The van der Waals surface area contributed by atoms with Crippen molar-refractivity contribution in [3.63, 3.8) is 0 Å². The van der Waals surface area contributed by atoms with Gasteiger partial charge in [0.25, 0.3) is 0 Å². The van der Waals surface area contributed by atoms with Crippen LogP contribution in [0.4, 0.5) is 10.1 Å². The van der Waals surface area contributed by atoms with Crippen LogP contribution in [0.3, 0.4) is 0 Å². The number of carbonyl (C=O) groups is 2. The summed E-state index contributed by atoms with van der Waals surface area (Å²) in [4.78, 5) is 28.6. The van der Waals surface area contributed by atoms with Crippen molar-refractivity contribution in [3.05, 3.63) is 53.8 Å². The van der Waals surface area contributed by atoms with Gasteiger partial charge in [-0.05, 0) is 36.8 Å². The maximum atomic E-state index is 14.1. The summed E-state index contributed by atoms with van der Waals surface area (Å²) in [5.41, 5.74) is 1.16. The lowest BCUT2D eigenvalue weighted by atomic mass is 10.1. The quantitative estimate of drug-likeness (QED) is 0.777. The molecule has 152 valence electrons. The number of nitrogens with zero attached hydrogens (tertiary/aromatic N) is 2. The maximum absolute atomic E-state index is 14.1. The topological polar surface area (TPSA) is 59.1 Å². The number of ether oxygens (including phenoxy) is 2. The van der Waals surface area contributed by atoms with Crippen LogP contribution in [0.25, 0.3) is 0 Å². The molecule has 0 aliphatic carbocycles. The summed E-state index contributed by atoms with van der Waals surface area (Å²) < 4.78 is 25.2. The van der Waals surface area contributed by atoms with Gasteiger partial charge in [-0.1, -0.05) is 18.2 Å². The van der Waals surface area contributed by atoms with Crippen LogP contribution < -0.4 is 14.4 Å². The minimum Gasteiger partial charge on any atom is -0.486 e. The van der Waals surface area contributed by atoms with Crippen molar-refractivity contribution in [2.45, 2.75) is 19.9 Å². The fourth-order valence-electron chi connectivity index (χ4n) is 3.79. The smallest absolute Gasteiger partial charge is 0.228 e. The van der Waals surface area contributed by atoms with Gasteiger partial charge < -0.3 is 19.3 Å². The Morgan fingerprint density at radius 2 is 1.93 bits per heavy atom. The third-order valence-electron chi connectivity index (χ3n) is 5.29. The van der Waals surface area contributed by atoms with E-state index >= 15 is 0 Å². The minimum absolute atomic E-state index is 0.0881. The molecule has 1 saturated heterocycles. The van der Waals surface area contributed by atoms with Crippen molar-refractivity contribution in [1.29, 1.82) is 0 Å². The molecule has 2 aromatic rings. The van der Waals surface area contributed by atoms with Crippen LogP contribution in [0.5, 0.6) is 11.5 Å². The molecule has 6 nitrogen and oxygen atoms in total. The number of rotatable bonds is 5. The number of amides is 2. The van der Waals surface area contributed by atoms with Crippen LogP contribution >= 0.6 is 0 Å². The number of hydrogen-bond acceptors (Lipinski definition) is 4. The fourth-order valence-corrected chi connectivity index (χ4v) is 3.79. The monoisotopic (exact) mass is 398 g/mol. The maximum Gasteiger partial charge on any atom is 0.228 e. The molecular formula is C22H23FN2O4. The molecule has 29 heavy (non-hydrogen) atoms. The highest BCUT2D eigenvalue weighted by molar-refractivity contribution is 6.00. The lowest BCUT2D eigenvalue weighted by Gasteiger charge is -2.25. The summed E-state index contributed by atoms with van der Waals surface area (Å²) in [5, 5.41) is 0. The third kappa shape index (κ3) is 3.90. The Hall–Kier alpha value is -3.09. The molecule has 2 heterocycles. The van der Waals surface area contributed by atoms with E-state index in [1.165, 1.54) is 11.0 Å². The SMILES string of the molecule is CCN(Cc1ccc2c(c1)OCCO2)C(=O)[C@H]1CC(=O)N(c2ccccc2F)C1. The van der Waals surface area contributed by atoms with Crippen molar-refractivity contribution >= 4 is 17.5 Å². The van der Waals surface area contributed by atoms with Gasteiger partial charge in [0.2, 0.25) is 11.8 Å². The summed E-state index contributed by atoms with van der Waals surface area (Å²) in [6.45, 7) is 4.05. The number of benzene rings is 2. The first-order chi connectivity index (χ1) is 14.1. The molecular weight excluding hydrogens is 375 g/mol. The molecule has 1 atom stereocenters. The van der Waals surface area contributed by atoms with Crippen molar-refractivity contribution in [2.24, 2.45) is 5.92 Å². The highest BCUT2D eigenvalue weighted by Gasteiger charge is 2.37. The molecule has 4 rings (SSSR count). The van der Waals surface area contributed by atoms with Gasteiger partial charge in [-0.3, -0.25) is 9.59 Å². The summed E-state index contributed by atoms with van der Waals surface area (Å²) in [7, 11) is 0. The van der Waals surface area contributed by atoms with Crippen LogP contribution in [0.15, 0.2) is 42.5 Å². The average Bonchev–Trinajstić information content (AvgIpc) is 3.13. The highest BCUT2D eigenvalue weighted by atomic mass is 19.1. The van der Waals surface area contributed by atoms with Gasteiger partial charge in [0.05, 0.1) is 11.6 Å². The second kappa shape index (κ2) is 8.11. The summed E-state index contributed by atoms with van der Waals surface area (Å²) in [6, 6.07) is 11.8. The molecule has 7 heteroatoms. The van der Waals surface area contributed by atoms with Crippen LogP contribution in [0.1, 0.15) is 18.9 Å². The van der Waals surface area contributed by atoms with Crippen LogP contribution in [-0.2, 0) is 16.1 Å². The lowest BCUT2D eigenvalue weighted by molar-refractivity contribution is -0.136. The van der Waals surface area contributed by atoms with E-state index in [1.807, 2.05) is 25.1 Å². The number of para-hydroxylation sites is 1. The lowest BCUT2D eigenvalue weighted by Crippen LogP contribution is -2.37. The molecule has 0 bridgehead atoms. The van der Waals surface area contributed by atoms with Crippen LogP contribution in [0.2, 0.25) is 0 Å². The highest BCUT2D eigenvalue weighted by Crippen LogP contribution is 2.32. The Bertz CT molecular complexity index is 933. The second-order valence-electron chi connectivity index (χ2n) is 7.19. The van der Waals surface area contributed by atoms with Crippen molar-refractivity contribution in [3.8, 4) is 11.5 Å². The zero-order valence-electron chi connectivity index (χ0n) is 16.3. The van der Waals surface area contributed by atoms with Gasteiger partial charge in [0.15, 0.2) is 11.5 Å². The first-order valence-corrected chi connectivity index (χ1v) is 9.79. The summed E-state index contributed by atoms with van der Waals surface area (Å²) >= 11 is 0. The summed E-state index contributed by atoms with van der Waals surface area (Å²) in [6.07, 6.45) is 0.0881. The van der Waals surface area contributed by atoms with Gasteiger partial charge >= 0.3 is 0 Å². The molecule has 0 unspecified atom stereocenters. The standard InChI is InChI=1S/C22H23FN2O4/c1-2-24(13-15-7-8-19-20(11-15)29-10-9-28-19)22(27)16-12-21(26)25(14-16)18-6-4-3-5-17(18)23/h3-8,11,16H,2,9-10,12-14H2,1H3/t16-/m0/s1. The number of anilines is 1. The number of fused-ring (bicyclic) bond motifs is 1. The fraction of sp³-hybridized carbons (Fsp3) is 0.364. The van der Waals surface area contributed by atoms with E-state index in [-0.39, 0.29) is 30.5 Å². The van der Waals surface area contributed by atoms with E-state index in [1.54, 1.807) is 23.1 Å². The second-order valence-corrected chi connectivity index (χ2v) is 7.19. The van der Waals surface area contributed by atoms with E-state index in [2.05, 4.69) is 0 Å². The van der Waals surface area contributed by atoms with Gasteiger partial charge in [-0.15, -0.1) is 0 Å². The van der Waals surface area contributed by atoms with E-state index in [0.29, 0.717) is 37.8 Å². The van der Waals surface area contributed by atoms with E-state index in [4.69, 9.17) is 9.47 Å². The van der Waals surface area contributed by atoms with Gasteiger partial charge in [0.1, 0.15) is 19.0 Å². The zero-order chi connectivity index (χ0) is 20.4. The first-order valence-electron chi connectivity index (χ1n) is 9.79. The molecule has 0 radical (unpaired) electrons. The van der Waals surface area contributed by atoms with E-state index in [0.717, 1.165) is 5.56 Å². The van der Waals surface area contributed by atoms with Crippen LogP contribution in [0, 0.1) is 11.7 Å². The largest absolute Gasteiger partial charge is 0.486 e. The van der Waals surface area contributed by atoms with Gasteiger partial charge in [-0.2, -0.15) is 0 Å². The number of carbonyl (C=O) groups excluding carboxylic acids is 2. The Labute approximate surface area is 168 Å². The molecule has 0 saturated carbocycles. The molecule has 0 N–H and O–H groups in total. The molecule has 1 fully saturated rings. The number of hydrogen-bond donors (Lipinski definition) is 0. The Morgan fingerprint density at radius 3 is 2.69 bits per heavy atom. The number of halogens is 1. The molecule has 2 aromatic carbocycles. The van der Waals surface area contributed by atoms with Crippen molar-refractivity contribution in [1.82, 2.24) is 4.90 Å². The normalized spacial score (nSPS) is 18.1. The van der Waals surface area contributed by atoms with Crippen molar-refractivity contribution in [2.75, 3.05) is 31.2 Å².